The van der Waals surface area contributed by atoms with Gasteiger partial charge in [-0.1, -0.05) is 0 Å². The second-order valence-electron chi connectivity index (χ2n) is 2.66. The van der Waals surface area contributed by atoms with E-state index in [0.717, 1.165) is 0 Å². The number of ether oxygens (including phenoxy) is 3. The normalized spacial score (nSPS) is 9.60. The van der Waals surface area contributed by atoms with Crippen LogP contribution in [-0.4, -0.2) is 27.6 Å². The predicted molar refractivity (Wildman–Crippen MR) is 59.2 cm³/mol. The molecule has 1 aromatic rings. The molecule has 0 aromatic heterocycles. The molecule has 0 saturated heterocycles. The van der Waals surface area contributed by atoms with Crippen molar-refractivity contribution in [3.8, 4) is 17.2 Å². The average molecular weight is 275 g/mol. The Balaban J connectivity index is 3.48. The maximum atomic E-state index is 10.9. The summed E-state index contributed by atoms with van der Waals surface area (Å²) in [5.41, 5.74) is 0.398. The summed E-state index contributed by atoms with van der Waals surface area (Å²) in [6.07, 6.45) is 0.699. The van der Waals surface area contributed by atoms with Crippen molar-refractivity contribution in [2.24, 2.45) is 0 Å². The first-order valence-corrected chi connectivity index (χ1v) is 4.92. The van der Waals surface area contributed by atoms with Gasteiger partial charge in [-0.3, -0.25) is 4.79 Å². The van der Waals surface area contributed by atoms with E-state index in [9.17, 15) is 4.79 Å². The molecular weight excluding hydrogens is 264 g/mol. The Morgan fingerprint density at radius 3 is 2.13 bits per heavy atom. The van der Waals surface area contributed by atoms with Crippen molar-refractivity contribution in [3.05, 3.63) is 16.1 Å². The third-order valence-electron chi connectivity index (χ3n) is 1.95. The molecule has 0 amide bonds. The van der Waals surface area contributed by atoms with Crippen molar-refractivity contribution in [1.82, 2.24) is 0 Å². The SMILES string of the molecule is COc1cc(OC)c(OC)c(Br)c1C=O. The first kappa shape index (κ1) is 11.8. The summed E-state index contributed by atoms with van der Waals surface area (Å²) >= 11 is 3.27. The van der Waals surface area contributed by atoms with Crippen LogP contribution >= 0.6 is 15.9 Å². The van der Waals surface area contributed by atoms with Crippen molar-refractivity contribution in [2.75, 3.05) is 21.3 Å². The summed E-state index contributed by atoms with van der Waals surface area (Å²) in [6.45, 7) is 0. The smallest absolute Gasteiger partial charge is 0.175 e. The van der Waals surface area contributed by atoms with E-state index in [-0.39, 0.29) is 0 Å². The number of halogens is 1. The predicted octanol–water partition coefficient (Wildman–Crippen LogP) is 2.29. The summed E-state index contributed by atoms with van der Waals surface area (Å²) in [5.74, 6) is 1.42. The third kappa shape index (κ3) is 2.07. The molecule has 4 nitrogen and oxygen atoms in total. The summed E-state index contributed by atoms with van der Waals surface area (Å²) in [4.78, 5) is 10.9. The number of methoxy groups -OCH3 is 3. The molecule has 1 aromatic carbocycles. The summed E-state index contributed by atoms with van der Waals surface area (Å²) in [6, 6.07) is 1.60. The van der Waals surface area contributed by atoms with Gasteiger partial charge in [-0.25, -0.2) is 0 Å². The fourth-order valence-electron chi connectivity index (χ4n) is 1.22. The van der Waals surface area contributed by atoms with E-state index in [1.165, 1.54) is 21.3 Å². The Bertz CT molecular complexity index is 376. The fourth-order valence-corrected chi connectivity index (χ4v) is 1.87. The zero-order valence-corrected chi connectivity index (χ0v) is 10.3. The highest BCUT2D eigenvalue weighted by Gasteiger charge is 2.17. The number of hydrogen-bond acceptors (Lipinski definition) is 4. The van der Waals surface area contributed by atoms with Gasteiger partial charge in [-0.05, 0) is 15.9 Å². The van der Waals surface area contributed by atoms with Gasteiger partial charge in [0, 0.05) is 6.07 Å². The second-order valence-corrected chi connectivity index (χ2v) is 3.45. The molecule has 0 N–H and O–H groups in total. The van der Waals surface area contributed by atoms with Crippen LogP contribution in [0.5, 0.6) is 17.2 Å². The molecular formula is C10H11BrO4. The molecule has 0 saturated carbocycles. The van der Waals surface area contributed by atoms with E-state index in [1.807, 2.05) is 0 Å². The lowest BCUT2D eigenvalue weighted by Crippen LogP contribution is -1.98. The van der Waals surface area contributed by atoms with Crippen LogP contribution < -0.4 is 14.2 Å². The van der Waals surface area contributed by atoms with Gasteiger partial charge in [0.25, 0.3) is 0 Å². The molecule has 15 heavy (non-hydrogen) atoms. The lowest BCUT2D eigenvalue weighted by molar-refractivity contribution is 0.111. The van der Waals surface area contributed by atoms with Crippen LogP contribution in [0.2, 0.25) is 0 Å². The molecule has 0 unspecified atom stereocenters. The van der Waals surface area contributed by atoms with Crippen molar-refractivity contribution >= 4 is 22.2 Å². The third-order valence-corrected chi connectivity index (χ3v) is 2.74. The molecule has 0 bridgehead atoms. The minimum Gasteiger partial charge on any atom is -0.496 e. The monoisotopic (exact) mass is 274 g/mol. The largest absolute Gasteiger partial charge is 0.496 e. The van der Waals surface area contributed by atoms with E-state index in [4.69, 9.17) is 14.2 Å². The minimum absolute atomic E-state index is 0.398. The van der Waals surface area contributed by atoms with Gasteiger partial charge in [0.05, 0.1) is 31.4 Å². The highest BCUT2D eigenvalue weighted by molar-refractivity contribution is 9.10. The van der Waals surface area contributed by atoms with Crippen LogP contribution in [0.1, 0.15) is 10.4 Å². The van der Waals surface area contributed by atoms with Crippen LogP contribution in [0.3, 0.4) is 0 Å². The standard InChI is InChI=1S/C10H11BrO4/c1-13-7-4-8(14-2)10(15-3)9(11)6(7)5-12/h4-5H,1-3H3. The highest BCUT2D eigenvalue weighted by atomic mass is 79.9. The van der Waals surface area contributed by atoms with E-state index in [2.05, 4.69) is 15.9 Å². The van der Waals surface area contributed by atoms with Gasteiger partial charge >= 0.3 is 0 Å². The zero-order valence-electron chi connectivity index (χ0n) is 8.67. The molecule has 1 rings (SSSR count). The average Bonchev–Trinajstić information content (AvgIpc) is 2.27. The van der Waals surface area contributed by atoms with E-state index in [1.54, 1.807) is 6.07 Å². The fraction of sp³-hybridized carbons (Fsp3) is 0.300. The van der Waals surface area contributed by atoms with Crippen molar-refractivity contribution in [1.29, 1.82) is 0 Å². The first-order valence-electron chi connectivity index (χ1n) is 4.13. The Morgan fingerprint density at radius 2 is 1.73 bits per heavy atom. The van der Waals surface area contributed by atoms with Gasteiger partial charge in [0.15, 0.2) is 17.8 Å². The number of hydrogen-bond donors (Lipinski definition) is 0. The minimum atomic E-state index is 0.398. The quantitative estimate of drug-likeness (QED) is 0.791. The molecule has 0 heterocycles. The van der Waals surface area contributed by atoms with Gasteiger partial charge in [0.2, 0.25) is 0 Å². The number of aldehydes is 1. The molecule has 0 radical (unpaired) electrons. The van der Waals surface area contributed by atoms with E-state index < -0.39 is 0 Å². The van der Waals surface area contributed by atoms with Gasteiger partial charge in [-0.2, -0.15) is 0 Å². The topological polar surface area (TPSA) is 44.8 Å². The molecule has 0 aliphatic rings. The molecule has 0 atom stereocenters. The van der Waals surface area contributed by atoms with Crippen LogP contribution in [0.15, 0.2) is 10.5 Å². The van der Waals surface area contributed by atoms with Gasteiger partial charge < -0.3 is 14.2 Å². The second kappa shape index (κ2) is 5.02. The molecule has 0 fully saturated rings. The Labute approximate surface area is 96.3 Å². The molecule has 5 heteroatoms. The Hall–Kier alpha value is -1.23. The van der Waals surface area contributed by atoms with E-state index >= 15 is 0 Å². The van der Waals surface area contributed by atoms with Gasteiger partial charge in [0.1, 0.15) is 5.75 Å². The van der Waals surface area contributed by atoms with Crippen LogP contribution in [0.4, 0.5) is 0 Å². The Kier molecular flexibility index (Phi) is 3.96. The number of rotatable bonds is 4. The zero-order chi connectivity index (χ0) is 11.4. The molecule has 0 aliphatic carbocycles. The maximum Gasteiger partial charge on any atom is 0.175 e. The summed E-state index contributed by atoms with van der Waals surface area (Å²) in [5, 5.41) is 0. The summed E-state index contributed by atoms with van der Waals surface area (Å²) < 4.78 is 15.8. The van der Waals surface area contributed by atoms with Gasteiger partial charge in [-0.15, -0.1) is 0 Å². The molecule has 82 valence electrons. The first-order chi connectivity index (χ1) is 7.19. The lowest BCUT2D eigenvalue weighted by atomic mass is 10.2. The van der Waals surface area contributed by atoms with Crippen LogP contribution in [0, 0.1) is 0 Å². The Morgan fingerprint density at radius 1 is 1.13 bits per heavy atom. The van der Waals surface area contributed by atoms with Crippen molar-refractivity contribution in [2.45, 2.75) is 0 Å². The molecule has 0 aliphatic heterocycles. The summed E-state index contributed by atoms with van der Waals surface area (Å²) in [7, 11) is 4.51. The van der Waals surface area contributed by atoms with Crippen molar-refractivity contribution < 1.29 is 19.0 Å². The number of carbonyl (C=O) groups excluding carboxylic acids is 1. The lowest BCUT2D eigenvalue weighted by Gasteiger charge is -2.13. The number of benzene rings is 1. The maximum absolute atomic E-state index is 10.9. The van der Waals surface area contributed by atoms with Crippen molar-refractivity contribution in [3.63, 3.8) is 0 Å². The van der Waals surface area contributed by atoms with E-state index in [0.29, 0.717) is 33.6 Å². The highest BCUT2D eigenvalue weighted by Crippen LogP contribution is 2.41. The van der Waals surface area contributed by atoms with Crippen LogP contribution in [-0.2, 0) is 0 Å². The number of carbonyl (C=O) groups is 1. The van der Waals surface area contributed by atoms with Crippen LogP contribution in [0.25, 0.3) is 0 Å². The molecule has 0 spiro atoms.